The molecule has 172 valence electrons. The van der Waals surface area contributed by atoms with Crippen LogP contribution in [-0.4, -0.2) is 24.1 Å². The minimum absolute atomic E-state index is 0.182. The second kappa shape index (κ2) is 8.51. The Morgan fingerprint density at radius 3 is 2.51 bits per heavy atom. The van der Waals surface area contributed by atoms with Crippen molar-refractivity contribution in [3.8, 4) is 23.6 Å². The molecule has 8 heteroatoms. The molecule has 7 nitrogen and oxygen atoms in total. The maximum absolute atomic E-state index is 12.8. The summed E-state index contributed by atoms with van der Waals surface area (Å²) in [6.45, 7) is 0. The largest absolute Gasteiger partial charge is 0.335 e. The Kier molecular flexibility index (Phi) is 5.48. The topological polar surface area (TPSA) is 91.6 Å². The number of terminal acetylenes is 1. The summed E-state index contributed by atoms with van der Waals surface area (Å²) in [5.74, 6) is 2.54. The first kappa shape index (κ1) is 22.5. The van der Waals surface area contributed by atoms with Gasteiger partial charge in [0.15, 0.2) is 0 Å². The molecular formula is C27H21ClN6O. The van der Waals surface area contributed by atoms with E-state index in [4.69, 9.17) is 28.7 Å². The van der Waals surface area contributed by atoms with Crippen molar-refractivity contribution in [2.45, 2.75) is 5.54 Å². The summed E-state index contributed by atoms with van der Waals surface area (Å²) in [6.07, 6.45) is 8.97. The monoisotopic (exact) mass is 480 g/mol. The fourth-order valence-corrected chi connectivity index (χ4v) is 4.41. The van der Waals surface area contributed by atoms with Gasteiger partial charge in [-0.15, -0.1) is 6.42 Å². The number of benzene rings is 1. The van der Waals surface area contributed by atoms with Crippen molar-refractivity contribution in [2.75, 3.05) is 0 Å². The van der Waals surface area contributed by atoms with Crippen molar-refractivity contribution in [1.82, 2.24) is 24.1 Å². The van der Waals surface area contributed by atoms with Gasteiger partial charge in [0.25, 0.3) is 5.56 Å². The highest BCUT2D eigenvalue weighted by molar-refractivity contribution is 6.30. The highest BCUT2D eigenvalue weighted by Gasteiger charge is 2.36. The van der Waals surface area contributed by atoms with Crippen LogP contribution in [0.4, 0.5) is 0 Å². The Morgan fingerprint density at radius 2 is 1.83 bits per heavy atom. The molecule has 1 atom stereocenters. The molecular weight excluding hydrogens is 460 g/mol. The fourth-order valence-electron chi connectivity index (χ4n) is 4.28. The van der Waals surface area contributed by atoms with Gasteiger partial charge >= 0.3 is 0 Å². The highest BCUT2D eigenvalue weighted by Crippen LogP contribution is 2.35. The molecule has 0 aliphatic heterocycles. The highest BCUT2D eigenvalue weighted by atomic mass is 35.5. The van der Waals surface area contributed by atoms with Gasteiger partial charge in [0.2, 0.25) is 0 Å². The number of hydrogen-bond acceptors (Lipinski definition) is 5. The van der Waals surface area contributed by atoms with Gasteiger partial charge in [0.1, 0.15) is 11.2 Å². The van der Waals surface area contributed by atoms with Crippen molar-refractivity contribution < 1.29 is 0 Å². The number of pyridine rings is 3. The van der Waals surface area contributed by atoms with E-state index in [1.54, 1.807) is 54.5 Å². The van der Waals surface area contributed by atoms with E-state index in [1.165, 1.54) is 6.07 Å². The number of rotatable bonds is 4. The maximum Gasteiger partial charge on any atom is 0.251 e. The number of halogens is 1. The number of aromatic nitrogens is 5. The smallest absolute Gasteiger partial charge is 0.251 e. The average molecular weight is 481 g/mol. The van der Waals surface area contributed by atoms with Crippen LogP contribution >= 0.6 is 11.6 Å². The van der Waals surface area contributed by atoms with E-state index in [0.717, 1.165) is 11.3 Å². The molecule has 0 aliphatic rings. The minimum atomic E-state index is -1.15. The first-order valence-electron chi connectivity index (χ1n) is 10.8. The molecule has 2 N–H and O–H groups in total. The van der Waals surface area contributed by atoms with Crippen molar-refractivity contribution in [2.24, 2.45) is 19.8 Å². The molecule has 1 unspecified atom stereocenters. The number of fused-ring (bicyclic) bond motifs is 1. The molecule has 5 rings (SSSR count). The zero-order valence-corrected chi connectivity index (χ0v) is 19.9. The molecule has 4 heterocycles. The Hall–Kier alpha value is -4.25. The third-order valence-electron chi connectivity index (χ3n) is 6.19. The lowest BCUT2D eigenvalue weighted by Gasteiger charge is -2.30. The number of aryl methyl sites for hydroxylation is 2. The van der Waals surface area contributed by atoms with Crippen molar-refractivity contribution in [1.29, 1.82) is 0 Å². The lowest BCUT2D eigenvalue weighted by Crippen LogP contribution is -2.41. The lowest BCUT2D eigenvalue weighted by atomic mass is 9.84. The molecule has 0 aliphatic carbocycles. The number of hydrogen-bond donors (Lipinski definition) is 1. The summed E-state index contributed by atoms with van der Waals surface area (Å²) in [5, 5.41) is 0.601. The van der Waals surface area contributed by atoms with Crippen molar-refractivity contribution in [3.05, 3.63) is 111 Å². The predicted molar refractivity (Wildman–Crippen MR) is 137 cm³/mol. The van der Waals surface area contributed by atoms with Gasteiger partial charge in [0.05, 0.1) is 40.6 Å². The zero-order valence-electron chi connectivity index (χ0n) is 19.1. The van der Waals surface area contributed by atoms with Crippen LogP contribution < -0.4 is 11.3 Å². The molecule has 0 amide bonds. The number of imidazole rings is 1. The van der Waals surface area contributed by atoms with Crippen molar-refractivity contribution >= 4 is 22.6 Å². The van der Waals surface area contributed by atoms with Crippen LogP contribution in [0.15, 0.2) is 78.0 Å². The van der Waals surface area contributed by atoms with Gasteiger partial charge in [-0.05, 0) is 42.0 Å². The summed E-state index contributed by atoms with van der Waals surface area (Å²) < 4.78 is 3.41. The maximum atomic E-state index is 12.8. The van der Waals surface area contributed by atoms with Gasteiger partial charge in [-0.2, -0.15) is 0 Å². The second-order valence-electron chi connectivity index (χ2n) is 8.28. The fraction of sp³-hybridized carbons (Fsp3) is 0.111. The third-order valence-corrected chi connectivity index (χ3v) is 6.44. The van der Waals surface area contributed by atoms with Crippen LogP contribution in [0.1, 0.15) is 22.6 Å². The van der Waals surface area contributed by atoms with Crippen LogP contribution in [0.5, 0.6) is 0 Å². The van der Waals surface area contributed by atoms with Crippen LogP contribution in [0.3, 0.4) is 0 Å². The quantitative estimate of drug-likeness (QED) is 0.397. The van der Waals surface area contributed by atoms with Crippen LogP contribution in [-0.2, 0) is 19.6 Å². The van der Waals surface area contributed by atoms with E-state index in [0.29, 0.717) is 38.7 Å². The molecule has 4 aromatic heterocycles. The summed E-state index contributed by atoms with van der Waals surface area (Å²) in [5.41, 5.74) is 10.8. The summed E-state index contributed by atoms with van der Waals surface area (Å²) in [7, 11) is 3.59. The van der Waals surface area contributed by atoms with Crippen LogP contribution in [0, 0.1) is 12.3 Å². The van der Waals surface area contributed by atoms with E-state index in [-0.39, 0.29) is 5.56 Å². The van der Waals surface area contributed by atoms with Gasteiger partial charge in [-0.25, -0.2) is 15.0 Å². The van der Waals surface area contributed by atoms with E-state index >= 15 is 0 Å². The SMILES string of the molecule is C#Cc1cccc(-c2cc(=O)n(C)c3ccc(C(N)(c4ccc(Cl)cc4)c4cncn4C)nc23)n1. The Bertz CT molecular complexity index is 1680. The first-order chi connectivity index (χ1) is 16.8. The van der Waals surface area contributed by atoms with Gasteiger partial charge in [-0.1, -0.05) is 35.7 Å². The summed E-state index contributed by atoms with van der Waals surface area (Å²) in [4.78, 5) is 26.6. The average Bonchev–Trinajstić information content (AvgIpc) is 3.32. The summed E-state index contributed by atoms with van der Waals surface area (Å²) >= 11 is 6.16. The number of nitrogens with zero attached hydrogens (tertiary/aromatic N) is 5. The standard InChI is InChI=1S/C27H21ClN6O/c1-4-19-6-5-7-21(31-19)20-14-25(35)34(3)22-12-13-23(32-26(20)22)27(29,24-15-30-16-33(24)2)17-8-10-18(28)11-9-17/h1,5-16H,29H2,2-3H3. The molecule has 5 aromatic rings. The lowest BCUT2D eigenvalue weighted by molar-refractivity contribution is 0.580. The zero-order chi connectivity index (χ0) is 24.7. The normalized spacial score (nSPS) is 12.9. The Labute approximate surface area is 206 Å². The van der Waals surface area contributed by atoms with Gasteiger partial charge in [-0.3, -0.25) is 4.79 Å². The first-order valence-corrected chi connectivity index (χ1v) is 11.2. The molecule has 0 fully saturated rings. The van der Waals surface area contributed by atoms with Gasteiger partial charge in [0, 0.05) is 30.7 Å². The molecule has 0 radical (unpaired) electrons. The van der Waals surface area contributed by atoms with E-state index in [2.05, 4.69) is 15.9 Å². The van der Waals surface area contributed by atoms with E-state index in [9.17, 15) is 4.79 Å². The van der Waals surface area contributed by atoms with Crippen molar-refractivity contribution in [3.63, 3.8) is 0 Å². The number of nitrogens with two attached hydrogens (primary N) is 1. The summed E-state index contributed by atoms with van der Waals surface area (Å²) in [6, 6.07) is 17.9. The van der Waals surface area contributed by atoms with E-state index in [1.807, 2.05) is 35.9 Å². The Balaban J connectivity index is 1.84. The molecule has 0 saturated heterocycles. The molecule has 1 aromatic carbocycles. The van der Waals surface area contributed by atoms with E-state index < -0.39 is 5.54 Å². The Morgan fingerprint density at radius 1 is 1.06 bits per heavy atom. The molecule has 0 saturated carbocycles. The third kappa shape index (κ3) is 3.69. The molecule has 0 bridgehead atoms. The predicted octanol–water partition coefficient (Wildman–Crippen LogP) is 3.61. The molecule has 35 heavy (non-hydrogen) atoms. The van der Waals surface area contributed by atoms with Crippen LogP contribution in [0.25, 0.3) is 22.3 Å². The molecule has 0 spiro atoms. The minimum Gasteiger partial charge on any atom is -0.335 e. The second-order valence-corrected chi connectivity index (χ2v) is 8.71. The van der Waals surface area contributed by atoms with Crippen LogP contribution in [0.2, 0.25) is 5.02 Å². The van der Waals surface area contributed by atoms with Gasteiger partial charge < -0.3 is 14.9 Å².